The first-order chi connectivity index (χ1) is 12.0. The molecule has 0 amide bonds. The summed E-state index contributed by atoms with van der Waals surface area (Å²) in [6, 6.07) is 15.8. The molecule has 0 N–H and O–H groups in total. The summed E-state index contributed by atoms with van der Waals surface area (Å²) >= 11 is 0. The van der Waals surface area contributed by atoms with Crippen LogP contribution in [0.1, 0.15) is 38.3 Å². The van der Waals surface area contributed by atoms with Crippen LogP contribution in [0.4, 0.5) is 0 Å². The highest BCUT2D eigenvalue weighted by atomic mass is 16.1. The maximum Gasteiger partial charge on any atom is 0.185 e. The maximum absolute atomic E-state index is 12.4. The van der Waals surface area contributed by atoms with Gasteiger partial charge in [0.2, 0.25) is 0 Å². The highest BCUT2D eigenvalue weighted by Crippen LogP contribution is 2.14. The molecule has 0 bridgehead atoms. The van der Waals surface area contributed by atoms with Crippen LogP contribution in [0.25, 0.3) is 0 Å². The molecule has 3 rings (SSSR count). The molecular formula is C22H20N2O. The number of carbonyl (C=O) groups is 1. The summed E-state index contributed by atoms with van der Waals surface area (Å²) in [5.41, 5.74) is 5.89. The van der Waals surface area contributed by atoms with E-state index in [2.05, 4.69) is 29.9 Å². The van der Waals surface area contributed by atoms with Crippen molar-refractivity contribution in [2.75, 3.05) is 0 Å². The quantitative estimate of drug-likeness (QED) is 0.540. The van der Waals surface area contributed by atoms with Crippen LogP contribution in [-0.2, 0) is 13.5 Å². The first kappa shape index (κ1) is 16.7. The summed E-state index contributed by atoms with van der Waals surface area (Å²) < 4.78 is 1.61. The molecule has 0 fully saturated rings. The lowest BCUT2D eigenvalue weighted by Crippen LogP contribution is -2.10. The van der Waals surface area contributed by atoms with Crippen molar-refractivity contribution in [1.82, 2.24) is 9.78 Å². The van der Waals surface area contributed by atoms with E-state index in [9.17, 15) is 4.79 Å². The monoisotopic (exact) mass is 328 g/mol. The van der Waals surface area contributed by atoms with Crippen LogP contribution >= 0.6 is 0 Å². The summed E-state index contributed by atoms with van der Waals surface area (Å²) in [7, 11) is 1.78. The summed E-state index contributed by atoms with van der Waals surface area (Å²) in [5, 5.41) is 4.05. The minimum atomic E-state index is 0.0712. The van der Waals surface area contributed by atoms with Gasteiger partial charge >= 0.3 is 0 Å². The third-order valence-electron chi connectivity index (χ3n) is 4.29. The number of hydrogen-bond acceptors (Lipinski definition) is 2. The number of benzene rings is 2. The molecule has 2 aromatic carbocycles. The fourth-order valence-corrected chi connectivity index (χ4v) is 2.74. The van der Waals surface area contributed by atoms with Crippen molar-refractivity contribution in [3.8, 4) is 11.8 Å². The molecule has 3 aromatic rings. The lowest BCUT2D eigenvalue weighted by atomic mass is 9.99. The van der Waals surface area contributed by atoms with Crippen molar-refractivity contribution in [2.45, 2.75) is 20.3 Å². The number of carbonyl (C=O) groups excluding carboxylic acids is 1. The molecule has 0 atom stereocenters. The number of nitrogens with zero attached hydrogens (tertiary/aromatic N) is 2. The summed E-state index contributed by atoms with van der Waals surface area (Å²) in [4.78, 5) is 12.4. The summed E-state index contributed by atoms with van der Waals surface area (Å²) in [6.45, 7) is 4.08. The van der Waals surface area contributed by atoms with E-state index in [0.29, 0.717) is 12.1 Å². The van der Waals surface area contributed by atoms with Gasteiger partial charge in [0, 0.05) is 30.8 Å². The fraction of sp³-hybridized carbons (Fsp3) is 0.182. The third-order valence-corrected chi connectivity index (χ3v) is 4.29. The molecule has 0 aliphatic rings. The van der Waals surface area contributed by atoms with Crippen LogP contribution in [-0.4, -0.2) is 15.6 Å². The molecule has 1 heterocycles. The SMILES string of the molecule is Cc1ccccc1C#Cc1ccc(CC(=O)c2ccnn2C)c(C)c1. The van der Waals surface area contributed by atoms with Crippen molar-refractivity contribution in [2.24, 2.45) is 7.05 Å². The Balaban J connectivity index is 1.79. The average Bonchev–Trinajstić information content (AvgIpc) is 3.02. The van der Waals surface area contributed by atoms with E-state index in [1.807, 2.05) is 43.3 Å². The Kier molecular flexibility index (Phi) is 4.81. The molecule has 0 aliphatic carbocycles. The van der Waals surface area contributed by atoms with Crippen LogP contribution in [0.5, 0.6) is 0 Å². The highest BCUT2D eigenvalue weighted by molar-refractivity contribution is 5.96. The zero-order valence-electron chi connectivity index (χ0n) is 14.7. The zero-order valence-corrected chi connectivity index (χ0v) is 14.7. The molecule has 0 aliphatic heterocycles. The molecule has 0 saturated heterocycles. The molecule has 1 aromatic heterocycles. The van der Waals surface area contributed by atoms with E-state index in [0.717, 1.165) is 22.3 Å². The first-order valence-corrected chi connectivity index (χ1v) is 8.23. The molecule has 0 radical (unpaired) electrons. The first-order valence-electron chi connectivity index (χ1n) is 8.23. The Labute approximate surface area is 148 Å². The van der Waals surface area contributed by atoms with Gasteiger partial charge in [-0.3, -0.25) is 9.48 Å². The second kappa shape index (κ2) is 7.19. The van der Waals surface area contributed by atoms with Gasteiger partial charge in [0.15, 0.2) is 5.78 Å². The second-order valence-corrected chi connectivity index (χ2v) is 6.15. The van der Waals surface area contributed by atoms with Gasteiger partial charge < -0.3 is 0 Å². The minimum Gasteiger partial charge on any atom is -0.292 e. The normalized spacial score (nSPS) is 10.2. The maximum atomic E-state index is 12.4. The average molecular weight is 328 g/mol. The zero-order chi connectivity index (χ0) is 17.8. The van der Waals surface area contributed by atoms with Crippen LogP contribution in [0.2, 0.25) is 0 Å². The van der Waals surface area contributed by atoms with E-state index in [1.54, 1.807) is 24.0 Å². The van der Waals surface area contributed by atoms with Crippen molar-refractivity contribution >= 4 is 5.78 Å². The van der Waals surface area contributed by atoms with Gasteiger partial charge in [-0.25, -0.2) is 0 Å². The molecule has 124 valence electrons. The van der Waals surface area contributed by atoms with Gasteiger partial charge in [-0.2, -0.15) is 5.10 Å². The number of ketones is 1. The van der Waals surface area contributed by atoms with E-state index >= 15 is 0 Å². The number of aryl methyl sites for hydroxylation is 3. The number of aromatic nitrogens is 2. The predicted octanol–water partition coefficient (Wildman–Crippen LogP) is 3.86. The van der Waals surface area contributed by atoms with Crippen molar-refractivity contribution in [3.05, 3.63) is 88.2 Å². The van der Waals surface area contributed by atoms with E-state index in [1.165, 1.54) is 5.56 Å². The van der Waals surface area contributed by atoms with Crippen molar-refractivity contribution < 1.29 is 4.79 Å². The van der Waals surface area contributed by atoms with Crippen LogP contribution in [0.3, 0.4) is 0 Å². The second-order valence-electron chi connectivity index (χ2n) is 6.15. The van der Waals surface area contributed by atoms with E-state index in [-0.39, 0.29) is 5.78 Å². The topological polar surface area (TPSA) is 34.9 Å². The van der Waals surface area contributed by atoms with Gasteiger partial charge in [-0.1, -0.05) is 36.1 Å². The number of Topliss-reactive ketones (excluding diaryl/α,β-unsaturated/α-hetero) is 1. The standard InChI is InChI=1S/C22H20N2O/c1-16-6-4-5-7-19(16)10-8-18-9-11-20(17(2)14-18)15-22(25)21-12-13-23-24(21)3/h4-7,9,11-14H,15H2,1-3H3. The Bertz CT molecular complexity index is 987. The van der Waals surface area contributed by atoms with Crippen molar-refractivity contribution in [3.63, 3.8) is 0 Å². The number of rotatable bonds is 3. The minimum absolute atomic E-state index is 0.0712. The summed E-state index contributed by atoms with van der Waals surface area (Å²) in [5.74, 6) is 6.50. The molecule has 0 spiro atoms. The summed E-state index contributed by atoms with van der Waals surface area (Å²) in [6.07, 6.45) is 2.02. The van der Waals surface area contributed by atoms with E-state index < -0.39 is 0 Å². The Morgan fingerprint density at radius 2 is 1.84 bits per heavy atom. The molecule has 3 nitrogen and oxygen atoms in total. The smallest absolute Gasteiger partial charge is 0.185 e. The van der Waals surface area contributed by atoms with Gasteiger partial charge in [0.05, 0.1) is 0 Å². The molecular weight excluding hydrogens is 308 g/mol. The van der Waals surface area contributed by atoms with Gasteiger partial charge in [0.25, 0.3) is 0 Å². The fourth-order valence-electron chi connectivity index (χ4n) is 2.74. The van der Waals surface area contributed by atoms with Gasteiger partial charge in [0.1, 0.15) is 5.69 Å². The largest absolute Gasteiger partial charge is 0.292 e. The van der Waals surface area contributed by atoms with Crippen LogP contribution in [0.15, 0.2) is 54.7 Å². The van der Waals surface area contributed by atoms with Gasteiger partial charge in [-0.05, 0) is 54.8 Å². The Morgan fingerprint density at radius 1 is 1.04 bits per heavy atom. The Morgan fingerprint density at radius 3 is 2.52 bits per heavy atom. The highest BCUT2D eigenvalue weighted by Gasteiger charge is 2.12. The van der Waals surface area contributed by atoms with E-state index in [4.69, 9.17) is 0 Å². The molecule has 25 heavy (non-hydrogen) atoms. The Hall–Kier alpha value is -3.12. The molecule has 0 unspecified atom stereocenters. The lowest BCUT2D eigenvalue weighted by molar-refractivity contribution is 0.0984. The third kappa shape index (κ3) is 3.87. The van der Waals surface area contributed by atoms with Crippen LogP contribution < -0.4 is 0 Å². The molecule has 0 saturated carbocycles. The lowest BCUT2D eigenvalue weighted by Gasteiger charge is -2.06. The number of hydrogen-bond donors (Lipinski definition) is 0. The van der Waals surface area contributed by atoms with Crippen molar-refractivity contribution in [1.29, 1.82) is 0 Å². The molecule has 3 heteroatoms. The predicted molar refractivity (Wildman–Crippen MR) is 99.6 cm³/mol. The van der Waals surface area contributed by atoms with Crippen LogP contribution in [0, 0.1) is 25.7 Å². The van der Waals surface area contributed by atoms with Gasteiger partial charge in [-0.15, -0.1) is 0 Å².